The van der Waals surface area contributed by atoms with Gasteiger partial charge in [0.25, 0.3) is 5.91 Å². The van der Waals surface area contributed by atoms with E-state index >= 15 is 0 Å². The number of hydrogen-bond acceptors (Lipinski definition) is 3. The molecule has 1 aromatic rings. The van der Waals surface area contributed by atoms with E-state index in [1.165, 1.54) is 12.1 Å². The van der Waals surface area contributed by atoms with Crippen molar-refractivity contribution in [2.24, 2.45) is 5.92 Å². The molecule has 0 aliphatic carbocycles. The van der Waals surface area contributed by atoms with Gasteiger partial charge in [0.15, 0.2) is 0 Å². The van der Waals surface area contributed by atoms with Gasteiger partial charge in [-0.15, -0.1) is 0 Å². The summed E-state index contributed by atoms with van der Waals surface area (Å²) in [4.78, 5) is 37.1. The van der Waals surface area contributed by atoms with Gasteiger partial charge in [-0.2, -0.15) is 0 Å². The number of carbonyl (C=O) groups is 3. The van der Waals surface area contributed by atoms with Gasteiger partial charge >= 0.3 is 6.03 Å². The van der Waals surface area contributed by atoms with Crippen LogP contribution < -0.4 is 10.6 Å². The van der Waals surface area contributed by atoms with E-state index in [-0.39, 0.29) is 30.2 Å². The van der Waals surface area contributed by atoms with E-state index in [9.17, 15) is 18.8 Å². The standard InChI is InChI=1S/C17H22FN3O3/c1-10(2)8-14-16(23)21(17(24)20-14)9-15(22)19-11(3)12-4-6-13(18)7-5-12/h4-7,10-11,14H,8-9H2,1-3H3,(H,19,22)(H,20,24)/t11-,14+/m1/s1. The summed E-state index contributed by atoms with van der Waals surface area (Å²) >= 11 is 0. The Morgan fingerprint density at radius 3 is 2.46 bits per heavy atom. The first kappa shape index (κ1) is 17.9. The van der Waals surface area contributed by atoms with E-state index in [2.05, 4.69) is 10.6 Å². The minimum absolute atomic E-state index is 0.256. The third kappa shape index (κ3) is 4.31. The largest absolute Gasteiger partial charge is 0.348 e. The van der Waals surface area contributed by atoms with Crippen LogP contribution in [-0.2, 0) is 9.59 Å². The lowest BCUT2D eigenvalue weighted by Crippen LogP contribution is -2.41. The molecule has 1 fully saturated rings. The Hall–Kier alpha value is -2.44. The van der Waals surface area contributed by atoms with Crippen LogP contribution in [0.2, 0.25) is 0 Å². The second kappa shape index (κ2) is 7.42. The predicted molar refractivity (Wildman–Crippen MR) is 86.4 cm³/mol. The van der Waals surface area contributed by atoms with Gasteiger partial charge in [0.2, 0.25) is 5.91 Å². The van der Waals surface area contributed by atoms with Crippen molar-refractivity contribution >= 4 is 17.8 Å². The molecule has 2 atom stereocenters. The van der Waals surface area contributed by atoms with Gasteiger partial charge in [0.05, 0.1) is 6.04 Å². The van der Waals surface area contributed by atoms with Gasteiger partial charge < -0.3 is 10.6 Å². The molecule has 24 heavy (non-hydrogen) atoms. The van der Waals surface area contributed by atoms with Gasteiger partial charge in [-0.3, -0.25) is 14.5 Å². The van der Waals surface area contributed by atoms with Crippen LogP contribution in [0.3, 0.4) is 0 Å². The summed E-state index contributed by atoms with van der Waals surface area (Å²) in [6.07, 6.45) is 0.536. The number of carbonyl (C=O) groups excluding carboxylic acids is 3. The summed E-state index contributed by atoms with van der Waals surface area (Å²) in [6.45, 7) is 5.34. The molecule has 0 bridgehead atoms. The number of amides is 4. The van der Waals surface area contributed by atoms with Crippen molar-refractivity contribution < 1.29 is 18.8 Å². The normalized spacial score (nSPS) is 18.7. The lowest BCUT2D eigenvalue weighted by atomic mass is 10.0. The van der Waals surface area contributed by atoms with Crippen molar-refractivity contribution in [2.45, 2.75) is 39.3 Å². The van der Waals surface area contributed by atoms with E-state index in [1.807, 2.05) is 13.8 Å². The van der Waals surface area contributed by atoms with Gasteiger partial charge in [0.1, 0.15) is 18.4 Å². The minimum atomic E-state index is -0.570. The van der Waals surface area contributed by atoms with Crippen molar-refractivity contribution in [3.8, 4) is 0 Å². The molecule has 7 heteroatoms. The molecule has 0 radical (unpaired) electrons. The molecule has 2 N–H and O–H groups in total. The Balaban J connectivity index is 1.93. The van der Waals surface area contributed by atoms with Gasteiger partial charge in [0, 0.05) is 0 Å². The number of rotatable bonds is 6. The maximum absolute atomic E-state index is 12.9. The monoisotopic (exact) mass is 335 g/mol. The molecule has 4 amide bonds. The number of urea groups is 1. The molecule has 6 nitrogen and oxygen atoms in total. The highest BCUT2D eigenvalue weighted by atomic mass is 19.1. The topological polar surface area (TPSA) is 78.5 Å². The number of nitrogens with zero attached hydrogens (tertiary/aromatic N) is 1. The van der Waals surface area contributed by atoms with Crippen LogP contribution in [0.15, 0.2) is 24.3 Å². The first-order valence-electron chi connectivity index (χ1n) is 7.94. The highest BCUT2D eigenvalue weighted by molar-refractivity contribution is 6.06. The molecular weight excluding hydrogens is 313 g/mol. The summed E-state index contributed by atoms with van der Waals surface area (Å²) in [5, 5.41) is 5.30. The zero-order valence-electron chi connectivity index (χ0n) is 14.0. The first-order chi connectivity index (χ1) is 11.3. The molecule has 1 aliphatic heterocycles. The number of hydrogen-bond donors (Lipinski definition) is 2. The number of halogens is 1. The fourth-order valence-electron chi connectivity index (χ4n) is 2.62. The second-order valence-corrected chi connectivity index (χ2v) is 6.40. The van der Waals surface area contributed by atoms with Crippen molar-refractivity contribution in [3.63, 3.8) is 0 Å². The molecule has 130 valence electrons. The van der Waals surface area contributed by atoms with E-state index in [0.717, 1.165) is 10.5 Å². The Kier molecular flexibility index (Phi) is 5.54. The number of imide groups is 1. The van der Waals surface area contributed by atoms with Crippen LogP contribution in [0.25, 0.3) is 0 Å². The van der Waals surface area contributed by atoms with Crippen LogP contribution in [0, 0.1) is 11.7 Å². The average molecular weight is 335 g/mol. The number of nitrogens with one attached hydrogen (secondary N) is 2. The highest BCUT2D eigenvalue weighted by Gasteiger charge is 2.39. The lowest BCUT2D eigenvalue weighted by molar-refractivity contribution is -0.132. The van der Waals surface area contributed by atoms with E-state index in [1.54, 1.807) is 19.1 Å². The molecule has 0 unspecified atom stereocenters. The Bertz CT molecular complexity index is 630. The molecule has 2 rings (SSSR count). The fraction of sp³-hybridized carbons (Fsp3) is 0.471. The summed E-state index contributed by atoms with van der Waals surface area (Å²) in [5.74, 6) is -0.918. The lowest BCUT2D eigenvalue weighted by Gasteiger charge is -2.17. The van der Waals surface area contributed by atoms with E-state index in [4.69, 9.17) is 0 Å². The van der Waals surface area contributed by atoms with Crippen LogP contribution in [0.1, 0.15) is 38.8 Å². The van der Waals surface area contributed by atoms with E-state index in [0.29, 0.717) is 6.42 Å². The molecule has 0 aromatic heterocycles. The average Bonchev–Trinajstić information content (AvgIpc) is 2.74. The maximum atomic E-state index is 12.9. The molecular formula is C17H22FN3O3. The van der Waals surface area contributed by atoms with E-state index < -0.39 is 18.0 Å². The van der Waals surface area contributed by atoms with Crippen molar-refractivity contribution in [3.05, 3.63) is 35.6 Å². The van der Waals surface area contributed by atoms with Gasteiger partial charge in [-0.05, 0) is 37.0 Å². The van der Waals surface area contributed by atoms with Crippen molar-refractivity contribution in [1.29, 1.82) is 0 Å². The second-order valence-electron chi connectivity index (χ2n) is 6.40. The third-order valence-corrected chi connectivity index (χ3v) is 3.86. The predicted octanol–water partition coefficient (Wildman–Crippen LogP) is 1.97. The fourth-order valence-corrected chi connectivity index (χ4v) is 2.62. The first-order valence-corrected chi connectivity index (χ1v) is 7.94. The Labute approximate surface area is 140 Å². The summed E-state index contributed by atoms with van der Waals surface area (Å²) in [5.41, 5.74) is 0.736. The van der Waals surface area contributed by atoms with Gasteiger partial charge in [-0.25, -0.2) is 9.18 Å². The highest BCUT2D eigenvalue weighted by Crippen LogP contribution is 2.15. The summed E-state index contributed by atoms with van der Waals surface area (Å²) in [7, 11) is 0. The van der Waals surface area contributed by atoms with Crippen molar-refractivity contribution in [1.82, 2.24) is 15.5 Å². The number of benzene rings is 1. The summed E-state index contributed by atoms with van der Waals surface area (Å²) in [6, 6.07) is 4.30. The zero-order valence-corrected chi connectivity index (χ0v) is 14.0. The quantitative estimate of drug-likeness (QED) is 0.780. The molecule has 1 saturated heterocycles. The molecule has 1 aliphatic rings. The van der Waals surface area contributed by atoms with Gasteiger partial charge in [-0.1, -0.05) is 26.0 Å². The van der Waals surface area contributed by atoms with Crippen LogP contribution in [0.5, 0.6) is 0 Å². The molecule has 1 heterocycles. The Morgan fingerprint density at radius 1 is 1.25 bits per heavy atom. The molecule has 1 aromatic carbocycles. The van der Waals surface area contributed by atoms with Crippen LogP contribution in [-0.4, -0.2) is 35.3 Å². The van der Waals surface area contributed by atoms with Crippen LogP contribution >= 0.6 is 0 Å². The SMILES string of the molecule is CC(C)C[C@@H]1NC(=O)N(CC(=O)N[C@H](C)c2ccc(F)cc2)C1=O. The maximum Gasteiger partial charge on any atom is 0.325 e. The smallest absolute Gasteiger partial charge is 0.325 e. The Morgan fingerprint density at radius 2 is 1.88 bits per heavy atom. The third-order valence-electron chi connectivity index (χ3n) is 3.86. The van der Waals surface area contributed by atoms with Crippen molar-refractivity contribution in [2.75, 3.05) is 6.54 Å². The summed E-state index contributed by atoms with van der Waals surface area (Å²) < 4.78 is 12.9. The minimum Gasteiger partial charge on any atom is -0.348 e. The molecule has 0 spiro atoms. The molecule has 0 saturated carbocycles. The zero-order chi connectivity index (χ0) is 17.9. The van der Waals surface area contributed by atoms with Crippen LogP contribution in [0.4, 0.5) is 9.18 Å².